The van der Waals surface area contributed by atoms with Gasteiger partial charge in [-0.25, -0.2) is 0 Å². The second-order valence-electron chi connectivity index (χ2n) is 3.72. The number of aryl methyl sites for hydroxylation is 1. The lowest BCUT2D eigenvalue weighted by Gasteiger charge is -2.12. The largest absolute Gasteiger partial charge is 0.377 e. The Bertz CT molecular complexity index is 318. The molecular weight excluding hydrogens is 200 g/mol. The molecule has 0 aliphatic heterocycles. The van der Waals surface area contributed by atoms with Gasteiger partial charge in [0.05, 0.1) is 18.6 Å². The van der Waals surface area contributed by atoms with Crippen molar-refractivity contribution in [1.29, 1.82) is 5.26 Å². The zero-order valence-electron chi connectivity index (χ0n) is 9.72. The quantitative estimate of drug-likeness (QED) is 0.661. The minimum absolute atomic E-state index is 0.0995. The van der Waals surface area contributed by atoms with Crippen LogP contribution in [-0.4, -0.2) is 17.7 Å². The summed E-state index contributed by atoms with van der Waals surface area (Å²) in [5.41, 5.74) is 1.28. The Morgan fingerprint density at radius 2 is 2.19 bits per heavy atom. The third-order valence-corrected chi connectivity index (χ3v) is 2.49. The zero-order chi connectivity index (χ0) is 11.6. The minimum Gasteiger partial charge on any atom is -0.377 e. The van der Waals surface area contributed by atoms with Crippen molar-refractivity contribution in [3.63, 3.8) is 0 Å². The molecule has 16 heavy (non-hydrogen) atoms. The summed E-state index contributed by atoms with van der Waals surface area (Å²) in [6.07, 6.45) is 7.11. The van der Waals surface area contributed by atoms with Gasteiger partial charge < -0.3 is 4.74 Å². The lowest BCUT2D eigenvalue weighted by atomic mass is 10.1. The standard InChI is InChI=1S/C13H18N2O/c1-2-13(5-8-14)16-11-3-4-12-6-9-15-10-7-12/h6-7,9-10,13H,2-5,11H2,1H3. The van der Waals surface area contributed by atoms with Crippen molar-refractivity contribution in [2.45, 2.75) is 38.7 Å². The highest BCUT2D eigenvalue weighted by Crippen LogP contribution is 2.05. The molecule has 1 unspecified atom stereocenters. The number of nitrogens with zero attached hydrogens (tertiary/aromatic N) is 2. The molecule has 0 N–H and O–H groups in total. The molecule has 0 aliphatic carbocycles. The van der Waals surface area contributed by atoms with Crippen molar-refractivity contribution in [2.75, 3.05) is 6.61 Å². The molecule has 86 valence electrons. The first-order valence-corrected chi connectivity index (χ1v) is 5.74. The molecule has 0 spiro atoms. The van der Waals surface area contributed by atoms with Gasteiger partial charge in [0.15, 0.2) is 0 Å². The summed E-state index contributed by atoms with van der Waals surface area (Å²) < 4.78 is 5.62. The smallest absolute Gasteiger partial charge is 0.0702 e. The van der Waals surface area contributed by atoms with Crippen LogP contribution in [0.2, 0.25) is 0 Å². The minimum atomic E-state index is 0.0995. The van der Waals surface area contributed by atoms with Crippen molar-refractivity contribution < 1.29 is 4.74 Å². The first kappa shape index (κ1) is 12.7. The first-order chi connectivity index (χ1) is 7.86. The maximum Gasteiger partial charge on any atom is 0.0702 e. The average Bonchev–Trinajstić information content (AvgIpc) is 2.34. The monoisotopic (exact) mass is 218 g/mol. The van der Waals surface area contributed by atoms with Crippen molar-refractivity contribution in [2.24, 2.45) is 0 Å². The van der Waals surface area contributed by atoms with Crippen LogP contribution in [-0.2, 0) is 11.2 Å². The maximum absolute atomic E-state index is 8.57. The number of nitriles is 1. The molecule has 0 radical (unpaired) electrons. The van der Waals surface area contributed by atoms with Gasteiger partial charge in [-0.3, -0.25) is 4.98 Å². The SMILES string of the molecule is CCC(CC#N)OCCCc1ccncc1. The predicted molar refractivity (Wildman–Crippen MR) is 62.8 cm³/mol. The summed E-state index contributed by atoms with van der Waals surface area (Å²) in [5.74, 6) is 0. The third kappa shape index (κ3) is 4.90. The number of aromatic nitrogens is 1. The van der Waals surface area contributed by atoms with Crippen LogP contribution in [0.25, 0.3) is 0 Å². The highest BCUT2D eigenvalue weighted by Gasteiger charge is 2.04. The topological polar surface area (TPSA) is 45.9 Å². The van der Waals surface area contributed by atoms with Crippen molar-refractivity contribution in [1.82, 2.24) is 4.98 Å². The first-order valence-electron chi connectivity index (χ1n) is 5.74. The Morgan fingerprint density at radius 3 is 2.81 bits per heavy atom. The van der Waals surface area contributed by atoms with Gasteiger partial charge in [0.25, 0.3) is 0 Å². The van der Waals surface area contributed by atoms with Gasteiger partial charge in [-0.1, -0.05) is 6.92 Å². The molecule has 1 atom stereocenters. The van der Waals surface area contributed by atoms with E-state index in [1.54, 1.807) is 12.4 Å². The molecule has 1 rings (SSSR count). The Balaban J connectivity index is 2.14. The van der Waals surface area contributed by atoms with Crippen LogP contribution in [0.3, 0.4) is 0 Å². The van der Waals surface area contributed by atoms with Gasteiger partial charge >= 0.3 is 0 Å². The van der Waals surface area contributed by atoms with Crippen LogP contribution in [0.4, 0.5) is 0 Å². The van der Waals surface area contributed by atoms with Gasteiger partial charge in [-0.15, -0.1) is 0 Å². The summed E-state index contributed by atoms with van der Waals surface area (Å²) in [6.45, 7) is 2.77. The van der Waals surface area contributed by atoms with E-state index >= 15 is 0 Å². The fourth-order valence-corrected chi connectivity index (χ4v) is 1.50. The molecule has 1 heterocycles. The van der Waals surface area contributed by atoms with E-state index in [0.29, 0.717) is 6.42 Å². The van der Waals surface area contributed by atoms with E-state index in [9.17, 15) is 0 Å². The highest BCUT2D eigenvalue weighted by atomic mass is 16.5. The van der Waals surface area contributed by atoms with Gasteiger partial charge in [-0.2, -0.15) is 5.26 Å². The van der Waals surface area contributed by atoms with Crippen LogP contribution < -0.4 is 0 Å². The van der Waals surface area contributed by atoms with Crippen LogP contribution >= 0.6 is 0 Å². The van der Waals surface area contributed by atoms with Crippen molar-refractivity contribution >= 4 is 0 Å². The molecule has 1 aromatic heterocycles. The molecule has 3 nitrogen and oxygen atoms in total. The van der Waals surface area contributed by atoms with Gasteiger partial charge in [-0.05, 0) is 37.0 Å². The Kier molecular flexibility index (Phi) is 6.20. The van der Waals surface area contributed by atoms with E-state index in [1.165, 1.54) is 5.56 Å². The molecule has 0 aliphatic rings. The molecular formula is C13H18N2O. The molecule has 3 heteroatoms. The molecule has 0 bridgehead atoms. The molecule has 0 aromatic carbocycles. The Hall–Kier alpha value is -1.40. The number of ether oxygens (including phenoxy) is 1. The number of rotatable bonds is 7. The number of pyridine rings is 1. The Labute approximate surface area is 97.1 Å². The van der Waals surface area contributed by atoms with E-state index in [0.717, 1.165) is 25.9 Å². The van der Waals surface area contributed by atoms with Crippen LogP contribution in [0.15, 0.2) is 24.5 Å². The fourth-order valence-electron chi connectivity index (χ4n) is 1.50. The summed E-state index contributed by atoms with van der Waals surface area (Å²) in [4.78, 5) is 3.97. The lowest BCUT2D eigenvalue weighted by molar-refractivity contribution is 0.0525. The van der Waals surface area contributed by atoms with E-state index < -0.39 is 0 Å². The number of hydrogen-bond donors (Lipinski definition) is 0. The second kappa shape index (κ2) is 7.84. The Morgan fingerprint density at radius 1 is 1.44 bits per heavy atom. The van der Waals surface area contributed by atoms with E-state index in [1.807, 2.05) is 19.1 Å². The predicted octanol–water partition coefficient (Wildman–Crippen LogP) is 2.72. The molecule has 0 fully saturated rings. The summed E-state index contributed by atoms with van der Waals surface area (Å²) in [5, 5.41) is 8.57. The molecule has 0 saturated carbocycles. The number of hydrogen-bond acceptors (Lipinski definition) is 3. The van der Waals surface area contributed by atoms with Gasteiger partial charge in [0, 0.05) is 19.0 Å². The molecule has 0 amide bonds. The third-order valence-electron chi connectivity index (χ3n) is 2.49. The average molecular weight is 218 g/mol. The van der Waals surface area contributed by atoms with Crippen molar-refractivity contribution in [3.05, 3.63) is 30.1 Å². The normalized spacial score (nSPS) is 12.0. The van der Waals surface area contributed by atoms with Crippen molar-refractivity contribution in [3.8, 4) is 6.07 Å². The van der Waals surface area contributed by atoms with Gasteiger partial charge in [0.1, 0.15) is 0 Å². The fraction of sp³-hybridized carbons (Fsp3) is 0.538. The van der Waals surface area contributed by atoms with E-state index in [4.69, 9.17) is 10.00 Å². The van der Waals surface area contributed by atoms with Crippen LogP contribution in [0.1, 0.15) is 31.7 Å². The van der Waals surface area contributed by atoms with E-state index in [2.05, 4.69) is 11.1 Å². The van der Waals surface area contributed by atoms with E-state index in [-0.39, 0.29) is 6.10 Å². The zero-order valence-corrected chi connectivity index (χ0v) is 9.72. The molecule has 1 aromatic rings. The maximum atomic E-state index is 8.57. The van der Waals surface area contributed by atoms with Crippen LogP contribution in [0, 0.1) is 11.3 Å². The lowest BCUT2D eigenvalue weighted by Crippen LogP contribution is -2.12. The highest BCUT2D eigenvalue weighted by molar-refractivity contribution is 5.09. The summed E-state index contributed by atoms with van der Waals surface area (Å²) in [6, 6.07) is 6.18. The summed E-state index contributed by atoms with van der Waals surface area (Å²) in [7, 11) is 0. The van der Waals surface area contributed by atoms with Crippen LogP contribution in [0.5, 0.6) is 0 Å². The van der Waals surface area contributed by atoms with Gasteiger partial charge in [0.2, 0.25) is 0 Å². The second-order valence-corrected chi connectivity index (χ2v) is 3.72. The summed E-state index contributed by atoms with van der Waals surface area (Å²) >= 11 is 0. The molecule has 0 saturated heterocycles.